The van der Waals surface area contributed by atoms with Crippen LogP contribution in [0, 0.1) is 5.95 Å². The average molecular weight is 273 g/mol. The second-order valence-electron chi connectivity index (χ2n) is 3.84. The summed E-state index contributed by atoms with van der Waals surface area (Å²) < 4.78 is 12.9. The van der Waals surface area contributed by atoms with Gasteiger partial charge in [-0.05, 0) is 50.1 Å². The van der Waals surface area contributed by atoms with Crippen LogP contribution in [0.25, 0.3) is 5.57 Å². The van der Waals surface area contributed by atoms with E-state index in [9.17, 15) is 4.39 Å². The van der Waals surface area contributed by atoms with Crippen molar-refractivity contribution in [1.82, 2.24) is 4.98 Å². The highest BCUT2D eigenvalue weighted by Crippen LogP contribution is 2.14. The lowest BCUT2D eigenvalue weighted by Gasteiger charge is -2.01. The average Bonchev–Trinajstić information content (AvgIpc) is 2.44. The summed E-state index contributed by atoms with van der Waals surface area (Å²) in [5, 5.41) is 0. The van der Waals surface area contributed by atoms with Crippen LogP contribution in [0.4, 0.5) is 4.39 Å². The molecule has 0 unspecified atom stereocenters. The van der Waals surface area contributed by atoms with Gasteiger partial charge in [-0.25, -0.2) is 4.98 Å². The maximum absolute atomic E-state index is 12.9. The minimum atomic E-state index is -0.470. The molecule has 0 radical (unpaired) electrons. The van der Waals surface area contributed by atoms with E-state index in [1.54, 1.807) is 31.5 Å². The summed E-state index contributed by atoms with van der Waals surface area (Å²) in [7, 11) is 1.64. The minimum Gasteiger partial charge on any atom is -0.304 e. The monoisotopic (exact) mass is 273 g/mol. The zero-order valence-electron chi connectivity index (χ0n) is 12.0. The summed E-state index contributed by atoms with van der Waals surface area (Å²) in [5.74, 6) is -0.470. The largest absolute Gasteiger partial charge is 0.304 e. The molecule has 1 rings (SSSR count). The fourth-order valence-electron chi connectivity index (χ4n) is 1.31. The molecule has 0 fully saturated rings. The lowest BCUT2D eigenvalue weighted by molar-refractivity contribution is 0.582. The SMILES string of the molecule is C=C/C(=C\N=C)C/C=C(\C)c1cccc(F)n1.C=NC. The van der Waals surface area contributed by atoms with Crippen LogP contribution >= 0.6 is 0 Å². The number of halogens is 1. The Balaban J connectivity index is 0.00000110. The lowest BCUT2D eigenvalue weighted by atomic mass is 10.1. The van der Waals surface area contributed by atoms with Crippen LogP contribution in [-0.2, 0) is 0 Å². The Morgan fingerprint density at radius 1 is 1.40 bits per heavy atom. The number of nitrogens with zero attached hydrogens (tertiary/aromatic N) is 3. The van der Waals surface area contributed by atoms with E-state index in [-0.39, 0.29) is 0 Å². The molecule has 0 atom stereocenters. The van der Waals surface area contributed by atoms with E-state index in [0.717, 1.165) is 11.1 Å². The first kappa shape index (κ1) is 17.6. The van der Waals surface area contributed by atoms with E-state index in [4.69, 9.17) is 0 Å². The third kappa shape index (κ3) is 7.16. The van der Waals surface area contributed by atoms with Crippen molar-refractivity contribution >= 4 is 19.0 Å². The molecule has 0 spiro atoms. The molecule has 0 aliphatic heterocycles. The summed E-state index contributed by atoms with van der Waals surface area (Å²) in [6, 6.07) is 4.75. The summed E-state index contributed by atoms with van der Waals surface area (Å²) in [5.41, 5.74) is 2.51. The molecule has 0 saturated carbocycles. The molecule has 0 aromatic carbocycles. The van der Waals surface area contributed by atoms with Gasteiger partial charge in [0.05, 0.1) is 5.69 Å². The van der Waals surface area contributed by atoms with Crippen molar-refractivity contribution in [3.63, 3.8) is 0 Å². The van der Waals surface area contributed by atoms with Crippen LogP contribution in [0.2, 0.25) is 0 Å². The van der Waals surface area contributed by atoms with Crippen LogP contribution in [0.5, 0.6) is 0 Å². The molecule has 0 amide bonds. The van der Waals surface area contributed by atoms with Crippen molar-refractivity contribution in [3.05, 3.63) is 60.3 Å². The summed E-state index contributed by atoms with van der Waals surface area (Å²) in [6.45, 7) is 12.1. The third-order valence-corrected chi connectivity index (χ3v) is 2.28. The molecule has 20 heavy (non-hydrogen) atoms. The van der Waals surface area contributed by atoms with Crippen LogP contribution in [-0.4, -0.2) is 25.5 Å². The van der Waals surface area contributed by atoms with Gasteiger partial charge in [-0.3, -0.25) is 4.99 Å². The van der Waals surface area contributed by atoms with Gasteiger partial charge in [-0.15, -0.1) is 0 Å². The first-order chi connectivity index (χ1) is 9.58. The molecule has 0 N–H and O–H groups in total. The second-order valence-corrected chi connectivity index (χ2v) is 3.84. The third-order valence-electron chi connectivity index (χ3n) is 2.28. The standard InChI is InChI=1S/C14H15FN2.C2H5N/c1-4-12(10-16-3)9-8-11(2)13-6-5-7-14(15)17-13;1-3-2/h4-8,10H,1,3,9H2,2H3;1H2,2H3/b11-8+,12-10+;. The Labute approximate surface area is 120 Å². The molecule has 3 nitrogen and oxygen atoms in total. The van der Waals surface area contributed by atoms with Crippen molar-refractivity contribution in [3.8, 4) is 0 Å². The van der Waals surface area contributed by atoms with Gasteiger partial charge in [0.25, 0.3) is 0 Å². The van der Waals surface area contributed by atoms with Gasteiger partial charge < -0.3 is 4.99 Å². The van der Waals surface area contributed by atoms with Crippen LogP contribution in [0.15, 0.2) is 58.7 Å². The van der Waals surface area contributed by atoms with Crippen LogP contribution in [0.1, 0.15) is 19.0 Å². The van der Waals surface area contributed by atoms with Gasteiger partial charge in [0, 0.05) is 13.2 Å². The Bertz CT molecular complexity index is 516. The number of hydrogen-bond acceptors (Lipinski definition) is 3. The zero-order valence-corrected chi connectivity index (χ0v) is 12.0. The highest BCUT2D eigenvalue weighted by atomic mass is 19.1. The maximum atomic E-state index is 12.9. The highest BCUT2D eigenvalue weighted by molar-refractivity contribution is 5.60. The van der Waals surface area contributed by atoms with Crippen molar-refractivity contribution in [2.75, 3.05) is 7.05 Å². The van der Waals surface area contributed by atoms with E-state index < -0.39 is 5.95 Å². The quantitative estimate of drug-likeness (QED) is 0.452. The normalized spacial score (nSPS) is 11.2. The number of hydrogen-bond donors (Lipinski definition) is 0. The van der Waals surface area contributed by atoms with E-state index in [2.05, 4.69) is 35.0 Å². The Morgan fingerprint density at radius 2 is 2.05 bits per heavy atom. The smallest absolute Gasteiger partial charge is 0.213 e. The fraction of sp³-hybridized carbons (Fsp3) is 0.188. The molecule has 1 heterocycles. The Hall–Kier alpha value is -2.36. The highest BCUT2D eigenvalue weighted by Gasteiger charge is 1.99. The first-order valence-corrected chi connectivity index (χ1v) is 6.00. The van der Waals surface area contributed by atoms with Crippen LogP contribution < -0.4 is 0 Å². The number of allylic oxidation sites excluding steroid dienone is 4. The number of rotatable bonds is 5. The van der Waals surface area contributed by atoms with E-state index in [1.165, 1.54) is 6.07 Å². The second kappa shape index (κ2) is 10.6. The summed E-state index contributed by atoms with van der Waals surface area (Å²) >= 11 is 0. The van der Waals surface area contributed by atoms with Gasteiger partial charge in [-0.1, -0.05) is 24.8 Å². The minimum absolute atomic E-state index is 0.470. The van der Waals surface area contributed by atoms with Crippen molar-refractivity contribution in [2.45, 2.75) is 13.3 Å². The molecule has 106 valence electrons. The van der Waals surface area contributed by atoms with Gasteiger partial charge in [-0.2, -0.15) is 4.39 Å². The Kier molecular flexibility index (Phi) is 9.31. The first-order valence-electron chi connectivity index (χ1n) is 6.00. The van der Waals surface area contributed by atoms with E-state index >= 15 is 0 Å². The number of aromatic nitrogens is 1. The maximum Gasteiger partial charge on any atom is 0.213 e. The molecule has 0 aliphatic rings. The summed E-state index contributed by atoms with van der Waals surface area (Å²) in [6.07, 6.45) is 6.00. The lowest BCUT2D eigenvalue weighted by Crippen LogP contribution is -1.89. The van der Waals surface area contributed by atoms with E-state index in [0.29, 0.717) is 12.1 Å². The predicted octanol–water partition coefficient (Wildman–Crippen LogP) is 4.10. The fourth-order valence-corrected chi connectivity index (χ4v) is 1.31. The molecule has 1 aromatic rings. The van der Waals surface area contributed by atoms with Gasteiger partial charge >= 0.3 is 0 Å². The van der Waals surface area contributed by atoms with Crippen molar-refractivity contribution in [2.24, 2.45) is 9.98 Å². The van der Waals surface area contributed by atoms with Crippen LogP contribution in [0.3, 0.4) is 0 Å². The molecule has 0 bridgehead atoms. The molecule has 0 saturated heterocycles. The van der Waals surface area contributed by atoms with Gasteiger partial charge in [0.1, 0.15) is 0 Å². The van der Waals surface area contributed by atoms with E-state index in [1.807, 2.05) is 13.0 Å². The number of aliphatic imine (C=N–C) groups is 2. The summed E-state index contributed by atoms with van der Waals surface area (Å²) in [4.78, 5) is 10.7. The predicted molar refractivity (Wildman–Crippen MR) is 85.8 cm³/mol. The molecule has 4 heteroatoms. The molecule has 0 aliphatic carbocycles. The topological polar surface area (TPSA) is 37.6 Å². The molecular weight excluding hydrogens is 253 g/mol. The molecular formula is C16H20FN3. The van der Waals surface area contributed by atoms with Crippen molar-refractivity contribution < 1.29 is 4.39 Å². The zero-order chi connectivity index (χ0) is 15.4. The van der Waals surface area contributed by atoms with Gasteiger partial charge in [0.15, 0.2) is 0 Å². The molecule has 1 aromatic heterocycles. The Morgan fingerprint density at radius 3 is 2.55 bits per heavy atom. The number of pyridine rings is 1. The van der Waals surface area contributed by atoms with Crippen molar-refractivity contribution in [1.29, 1.82) is 0 Å². The van der Waals surface area contributed by atoms with Gasteiger partial charge in [0.2, 0.25) is 5.95 Å².